The van der Waals surface area contributed by atoms with Crippen LogP contribution in [0.5, 0.6) is 0 Å². The van der Waals surface area contributed by atoms with Crippen LogP contribution in [0.2, 0.25) is 0 Å². The summed E-state index contributed by atoms with van der Waals surface area (Å²) in [5.41, 5.74) is 0. The third kappa shape index (κ3) is 9.50. The fourth-order valence-corrected chi connectivity index (χ4v) is 1.54. The molecule has 2 saturated heterocycles. The fourth-order valence-electron chi connectivity index (χ4n) is 1.54. The fraction of sp³-hybridized carbons (Fsp3) is 1.00. The van der Waals surface area contributed by atoms with Crippen LogP contribution in [0, 0.1) is 0 Å². The van der Waals surface area contributed by atoms with E-state index in [0.717, 1.165) is 32.4 Å². The van der Waals surface area contributed by atoms with Gasteiger partial charge in [0.1, 0.15) is 6.23 Å². The number of nitrogens with one attached hydrogen (secondary N) is 1. The van der Waals surface area contributed by atoms with E-state index in [9.17, 15) is 0 Å². The van der Waals surface area contributed by atoms with E-state index in [-0.39, 0.29) is 7.53 Å². The number of hydrogen-bond donors (Lipinski definition) is 3. The van der Waals surface area contributed by atoms with Gasteiger partial charge in [-0.2, -0.15) is 0 Å². The van der Waals surface area contributed by atoms with Crippen molar-refractivity contribution in [2.75, 3.05) is 19.8 Å². The van der Waals surface area contributed by atoms with E-state index in [4.69, 9.17) is 19.7 Å². The zero-order chi connectivity index (χ0) is 13.1. The van der Waals surface area contributed by atoms with Crippen molar-refractivity contribution in [1.29, 1.82) is 0 Å². The van der Waals surface area contributed by atoms with Crippen molar-refractivity contribution in [1.82, 2.24) is 5.32 Å². The zero-order valence-corrected chi connectivity index (χ0v) is 11.2. The van der Waals surface area contributed by atoms with E-state index in [1.165, 1.54) is 0 Å². The maximum absolute atomic E-state index is 8.86. The van der Waals surface area contributed by atoms with Crippen molar-refractivity contribution in [3.05, 3.63) is 0 Å². The van der Waals surface area contributed by atoms with Crippen molar-refractivity contribution >= 4 is 0 Å². The van der Waals surface area contributed by atoms with Gasteiger partial charge < -0.3 is 19.7 Å². The van der Waals surface area contributed by atoms with E-state index < -0.39 is 12.5 Å². The number of morpholine rings is 1. The molecule has 2 aliphatic rings. The van der Waals surface area contributed by atoms with Crippen LogP contribution in [0.4, 0.5) is 0 Å². The molecular weight excluding hydrogens is 222 g/mol. The predicted octanol–water partition coefficient (Wildman–Crippen LogP) is 1.09. The van der Waals surface area contributed by atoms with Crippen molar-refractivity contribution in [3.63, 3.8) is 0 Å². The highest BCUT2D eigenvalue weighted by Crippen LogP contribution is 2.15. The first-order chi connectivity index (χ1) is 8.18. The molecule has 2 heterocycles. The lowest BCUT2D eigenvalue weighted by atomic mass is 10.1. The maximum Gasteiger partial charge on any atom is 0.154 e. The molecular formula is C12H29NO4. The van der Waals surface area contributed by atoms with Crippen LogP contribution in [-0.4, -0.2) is 48.6 Å². The number of aliphatic hydroxyl groups is 2. The van der Waals surface area contributed by atoms with Gasteiger partial charge >= 0.3 is 0 Å². The zero-order valence-electron chi connectivity index (χ0n) is 11.2. The van der Waals surface area contributed by atoms with Gasteiger partial charge in [0.15, 0.2) is 6.29 Å². The van der Waals surface area contributed by atoms with Gasteiger partial charge in [-0.3, -0.25) is 5.32 Å². The van der Waals surface area contributed by atoms with Gasteiger partial charge in [0.05, 0.1) is 19.3 Å². The smallest absolute Gasteiger partial charge is 0.154 e. The SMILES string of the molecule is CC.C[C@H]1CCC[C@H](O)O1.O[C@@H]1COCCN1.[HH]. The quantitative estimate of drug-likeness (QED) is 0.601. The molecule has 0 unspecified atom stereocenters. The number of aliphatic hydroxyl groups excluding tert-OH is 2. The Morgan fingerprint density at radius 3 is 2.24 bits per heavy atom. The molecule has 2 aliphatic heterocycles. The number of hydrogen-bond acceptors (Lipinski definition) is 5. The summed E-state index contributed by atoms with van der Waals surface area (Å²) in [6.45, 7) is 7.90. The second-order valence-corrected chi connectivity index (χ2v) is 3.88. The average molecular weight is 251 g/mol. The molecule has 2 fully saturated rings. The monoisotopic (exact) mass is 251 g/mol. The van der Waals surface area contributed by atoms with Gasteiger partial charge in [0.2, 0.25) is 0 Å². The topological polar surface area (TPSA) is 71.0 Å². The highest BCUT2D eigenvalue weighted by molar-refractivity contribution is 4.59. The molecule has 2 rings (SSSR count). The van der Waals surface area contributed by atoms with Gasteiger partial charge in [-0.15, -0.1) is 0 Å². The van der Waals surface area contributed by atoms with Crippen LogP contribution in [0.15, 0.2) is 0 Å². The summed E-state index contributed by atoms with van der Waals surface area (Å²) in [5, 5.41) is 20.3. The molecule has 0 aliphatic carbocycles. The van der Waals surface area contributed by atoms with Crippen LogP contribution >= 0.6 is 0 Å². The Morgan fingerprint density at radius 2 is 1.94 bits per heavy atom. The molecule has 0 bridgehead atoms. The standard InChI is InChI=1S/C6H12O2.C4H9NO2.C2H6.H2/c1-5-3-2-4-6(7)8-5;6-4-3-7-2-1-5-4;1-2;/h5-7H,2-4H2,1H3;4-6H,1-3H2;1-2H3;1H/t5-,6+;4-;;/m01../s1. The van der Waals surface area contributed by atoms with Gasteiger partial charge in [0, 0.05) is 7.97 Å². The summed E-state index contributed by atoms with van der Waals surface area (Å²) >= 11 is 0. The summed E-state index contributed by atoms with van der Waals surface area (Å²) < 4.78 is 9.91. The largest absolute Gasteiger partial charge is 0.376 e. The predicted molar refractivity (Wildman–Crippen MR) is 68.7 cm³/mol. The van der Waals surface area contributed by atoms with Crippen LogP contribution in [0.3, 0.4) is 0 Å². The minimum Gasteiger partial charge on any atom is -0.376 e. The van der Waals surface area contributed by atoms with E-state index in [0.29, 0.717) is 6.61 Å². The van der Waals surface area contributed by atoms with Crippen molar-refractivity contribution in [3.8, 4) is 0 Å². The molecule has 5 nitrogen and oxygen atoms in total. The molecule has 0 aromatic rings. The molecule has 17 heavy (non-hydrogen) atoms. The molecule has 3 atom stereocenters. The number of rotatable bonds is 0. The minimum absolute atomic E-state index is 0. The first kappa shape index (κ1) is 16.8. The van der Waals surface area contributed by atoms with Crippen LogP contribution in [0.1, 0.15) is 41.5 Å². The molecule has 0 aromatic carbocycles. The first-order valence-corrected chi connectivity index (χ1v) is 6.51. The normalized spacial score (nSPS) is 32.6. The highest BCUT2D eigenvalue weighted by Gasteiger charge is 2.15. The maximum atomic E-state index is 8.86. The molecule has 0 saturated carbocycles. The third-order valence-electron chi connectivity index (χ3n) is 2.35. The van der Waals surface area contributed by atoms with Crippen LogP contribution in [0.25, 0.3) is 0 Å². The molecule has 0 radical (unpaired) electrons. The Morgan fingerprint density at radius 1 is 1.24 bits per heavy atom. The third-order valence-corrected chi connectivity index (χ3v) is 2.35. The van der Waals surface area contributed by atoms with E-state index in [2.05, 4.69) is 5.32 Å². The Bertz CT molecular complexity index is 160. The summed E-state index contributed by atoms with van der Waals surface area (Å²) in [6.07, 6.45) is 2.34. The first-order valence-electron chi connectivity index (χ1n) is 6.51. The van der Waals surface area contributed by atoms with Gasteiger partial charge in [-0.05, 0) is 26.2 Å². The Kier molecular flexibility index (Phi) is 10.8. The van der Waals surface area contributed by atoms with Crippen molar-refractivity contribution < 1.29 is 21.1 Å². The van der Waals surface area contributed by atoms with E-state index in [1.807, 2.05) is 20.8 Å². The summed E-state index contributed by atoms with van der Waals surface area (Å²) in [6, 6.07) is 0. The van der Waals surface area contributed by atoms with Crippen LogP contribution < -0.4 is 5.32 Å². The second-order valence-electron chi connectivity index (χ2n) is 3.88. The van der Waals surface area contributed by atoms with Crippen LogP contribution in [-0.2, 0) is 9.47 Å². The molecule has 0 spiro atoms. The summed E-state index contributed by atoms with van der Waals surface area (Å²) in [4.78, 5) is 0. The lowest BCUT2D eigenvalue weighted by Gasteiger charge is -2.23. The highest BCUT2D eigenvalue weighted by atomic mass is 16.6. The van der Waals surface area contributed by atoms with E-state index in [1.54, 1.807) is 0 Å². The lowest BCUT2D eigenvalue weighted by molar-refractivity contribution is -0.156. The summed E-state index contributed by atoms with van der Waals surface area (Å²) in [5.74, 6) is 0. The van der Waals surface area contributed by atoms with Crippen molar-refractivity contribution in [2.24, 2.45) is 0 Å². The molecule has 0 amide bonds. The summed E-state index contributed by atoms with van der Waals surface area (Å²) in [7, 11) is 0. The Labute approximate surface area is 106 Å². The molecule has 5 heteroatoms. The van der Waals surface area contributed by atoms with Gasteiger partial charge in [-0.1, -0.05) is 13.8 Å². The second kappa shape index (κ2) is 10.9. The average Bonchev–Trinajstić information content (AvgIpc) is 2.33. The molecule has 106 valence electrons. The minimum atomic E-state index is -0.487. The van der Waals surface area contributed by atoms with E-state index >= 15 is 0 Å². The Balaban J connectivity index is 0. The Hall–Kier alpha value is -0.200. The van der Waals surface area contributed by atoms with Gasteiger partial charge in [-0.25, -0.2) is 0 Å². The lowest BCUT2D eigenvalue weighted by Crippen LogP contribution is -2.40. The number of ether oxygens (including phenoxy) is 2. The van der Waals surface area contributed by atoms with Gasteiger partial charge in [0.25, 0.3) is 0 Å². The molecule has 0 aromatic heterocycles. The molecule has 3 N–H and O–H groups in total. The van der Waals surface area contributed by atoms with Crippen molar-refractivity contribution in [2.45, 2.75) is 58.7 Å².